The van der Waals surface area contributed by atoms with Crippen molar-refractivity contribution in [2.75, 3.05) is 0 Å². The fraction of sp³-hybridized carbons (Fsp3) is 0.714. The minimum atomic E-state index is -1.19. The molecule has 23 heavy (non-hydrogen) atoms. The van der Waals surface area contributed by atoms with Crippen molar-refractivity contribution in [3.63, 3.8) is 0 Å². The Morgan fingerprint density at radius 2 is 2.30 bits per heavy atom. The standard InChI is InChI=1S/C14H20N4O3S.Na/c1-3-4-5-9-7-15-16-17(9)8-14(2)12(13(20)21)18-10(19)6-11(18)22-14;/h7,11-12H,3-6,8H2,1-2H3,(H,20,21);/q;+1/p-1/t11-,12+,14+;/m1./s1. The summed E-state index contributed by atoms with van der Waals surface area (Å²) in [6.45, 7) is 4.40. The number of carbonyl (C=O) groups excluding carboxylic acids is 2. The molecule has 7 nitrogen and oxygen atoms in total. The minimum absolute atomic E-state index is 0. The van der Waals surface area contributed by atoms with Crippen LogP contribution in [0.5, 0.6) is 0 Å². The van der Waals surface area contributed by atoms with Gasteiger partial charge in [0, 0.05) is 0 Å². The largest absolute Gasteiger partial charge is 1.00 e. The quantitative estimate of drug-likeness (QED) is 0.398. The van der Waals surface area contributed by atoms with Gasteiger partial charge in [0.15, 0.2) is 0 Å². The van der Waals surface area contributed by atoms with Crippen LogP contribution in [0.2, 0.25) is 0 Å². The molecule has 2 saturated heterocycles. The number of fused-ring (bicyclic) bond motifs is 1. The Bertz CT molecular complexity index is 611. The molecule has 1 aromatic heterocycles. The third kappa shape index (κ3) is 3.31. The zero-order valence-corrected chi connectivity index (χ0v) is 16.5. The summed E-state index contributed by atoms with van der Waals surface area (Å²) in [4.78, 5) is 24.7. The Morgan fingerprint density at radius 1 is 1.57 bits per heavy atom. The summed E-state index contributed by atoms with van der Waals surface area (Å²) in [6, 6.07) is -0.910. The van der Waals surface area contributed by atoms with E-state index < -0.39 is 16.8 Å². The zero-order chi connectivity index (χ0) is 15.9. The first-order valence-corrected chi connectivity index (χ1v) is 8.41. The molecule has 0 spiro atoms. The predicted octanol–water partition coefficient (Wildman–Crippen LogP) is -3.19. The summed E-state index contributed by atoms with van der Waals surface area (Å²) < 4.78 is 1.12. The summed E-state index contributed by atoms with van der Waals surface area (Å²) >= 11 is 1.53. The van der Waals surface area contributed by atoms with Crippen molar-refractivity contribution in [3.8, 4) is 0 Å². The van der Waals surface area contributed by atoms with Gasteiger partial charge in [-0.1, -0.05) is 18.6 Å². The van der Waals surface area contributed by atoms with Crippen molar-refractivity contribution in [3.05, 3.63) is 11.9 Å². The molecule has 0 N–H and O–H groups in total. The smallest absolute Gasteiger partial charge is 0.548 e. The molecule has 2 fully saturated rings. The normalized spacial score (nSPS) is 29.0. The summed E-state index contributed by atoms with van der Waals surface area (Å²) in [5.74, 6) is -1.30. The second-order valence-corrected chi connectivity index (χ2v) is 7.81. The van der Waals surface area contributed by atoms with Crippen LogP contribution in [0, 0.1) is 0 Å². The number of aryl methyl sites for hydroxylation is 1. The molecular formula is C14H19N4NaO3S. The SMILES string of the molecule is CCCCc1cnnn1C[C@]1(C)S[C@@H]2CC(=O)N2[C@H]1C(=O)[O-].[Na+]. The summed E-state index contributed by atoms with van der Waals surface area (Å²) in [5, 5.41) is 19.6. The number of carbonyl (C=O) groups is 2. The Kier molecular flexibility index (Phi) is 5.81. The van der Waals surface area contributed by atoms with E-state index in [2.05, 4.69) is 17.2 Å². The molecule has 3 atom stereocenters. The Morgan fingerprint density at radius 3 is 2.91 bits per heavy atom. The second kappa shape index (κ2) is 7.13. The molecule has 1 amide bonds. The third-order valence-corrected chi connectivity index (χ3v) is 5.94. The van der Waals surface area contributed by atoms with Gasteiger partial charge < -0.3 is 14.8 Å². The number of unbranched alkanes of at least 4 members (excludes halogenated alkanes) is 1. The Balaban J connectivity index is 0.00000192. The van der Waals surface area contributed by atoms with E-state index in [1.54, 1.807) is 10.9 Å². The van der Waals surface area contributed by atoms with Gasteiger partial charge in [0.05, 0.1) is 47.0 Å². The maximum absolute atomic E-state index is 11.7. The van der Waals surface area contributed by atoms with Crippen LogP contribution in [-0.4, -0.2) is 47.9 Å². The molecule has 9 heteroatoms. The van der Waals surface area contributed by atoms with Crippen LogP contribution < -0.4 is 34.7 Å². The summed E-state index contributed by atoms with van der Waals surface area (Å²) in [7, 11) is 0. The number of rotatable bonds is 6. The molecule has 2 aliphatic heterocycles. The van der Waals surface area contributed by atoms with Gasteiger partial charge in [-0.3, -0.25) is 4.79 Å². The third-order valence-electron chi connectivity index (χ3n) is 4.38. The molecule has 3 heterocycles. The first-order valence-electron chi connectivity index (χ1n) is 7.53. The average Bonchev–Trinajstić information content (AvgIpc) is 2.97. The molecule has 120 valence electrons. The van der Waals surface area contributed by atoms with Gasteiger partial charge in [-0.05, 0) is 19.8 Å². The van der Waals surface area contributed by atoms with Crippen LogP contribution in [0.25, 0.3) is 0 Å². The van der Waals surface area contributed by atoms with Crippen molar-refractivity contribution in [1.29, 1.82) is 0 Å². The monoisotopic (exact) mass is 346 g/mol. The van der Waals surface area contributed by atoms with Gasteiger partial charge in [-0.15, -0.1) is 16.9 Å². The summed E-state index contributed by atoms with van der Waals surface area (Å²) in [6.07, 6.45) is 5.11. The van der Waals surface area contributed by atoms with Gasteiger partial charge in [-0.25, -0.2) is 4.68 Å². The van der Waals surface area contributed by atoms with Crippen molar-refractivity contribution in [2.24, 2.45) is 0 Å². The van der Waals surface area contributed by atoms with Crippen LogP contribution in [0.1, 0.15) is 38.8 Å². The Hall–Kier alpha value is -0.570. The fourth-order valence-electron chi connectivity index (χ4n) is 3.23. The number of amides is 1. The fourth-order valence-corrected chi connectivity index (χ4v) is 4.96. The van der Waals surface area contributed by atoms with E-state index in [1.165, 1.54) is 16.7 Å². The van der Waals surface area contributed by atoms with E-state index in [0.29, 0.717) is 13.0 Å². The molecule has 0 radical (unpaired) electrons. The topological polar surface area (TPSA) is 91.2 Å². The van der Waals surface area contributed by atoms with Crippen molar-refractivity contribution in [1.82, 2.24) is 19.9 Å². The number of carboxylic acid groups (broad SMARTS) is 1. The number of aliphatic carboxylic acids is 1. The van der Waals surface area contributed by atoms with E-state index in [4.69, 9.17) is 0 Å². The molecule has 0 aromatic carbocycles. The van der Waals surface area contributed by atoms with Crippen LogP contribution >= 0.6 is 11.8 Å². The second-order valence-electron chi connectivity index (χ2n) is 6.10. The van der Waals surface area contributed by atoms with Crippen molar-refractivity contribution >= 4 is 23.6 Å². The molecule has 2 aliphatic rings. The summed E-state index contributed by atoms with van der Waals surface area (Å²) in [5.41, 5.74) is 1.00. The Labute approximate surface area is 161 Å². The molecule has 0 saturated carbocycles. The van der Waals surface area contributed by atoms with E-state index in [0.717, 1.165) is 25.0 Å². The number of nitrogens with zero attached hydrogens (tertiary/aromatic N) is 4. The van der Waals surface area contributed by atoms with Crippen molar-refractivity contribution < 1.29 is 44.3 Å². The van der Waals surface area contributed by atoms with E-state index in [9.17, 15) is 14.7 Å². The van der Waals surface area contributed by atoms with E-state index in [1.807, 2.05) is 6.92 Å². The number of hydrogen-bond acceptors (Lipinski definition) is 6. The molecule has 3 rings (SSSR count). The van der Waals surface area contributed by atoms with Gasteiger partial charge in [0.2, 0.25) is 5.91 Å². The van der Waals surface area contributed by atoms with Crippen molar-refractivity contribution in [2.45, 2.75) is 62.2 Å². The first kappa shape index (κ1) is 18.8. The molecule has 0 bridgehead atoms. The van der Waals surface area contributed by atoms with Gasteiger partial charge in [0.25, 0.3) is 0 Å². The number of carboxylic acids is 1. The maximum atomic E-state index is 11.7. The molecule has 0 aliphatic carbocycles. The number of aromatic nitrogens is 3. The average molecular weight is 346 g/mol. The molecule has 1 aromatic rings. The van der Waals surface area contributed by atoms with Crippen LogP contribution in [0.15, 0.2) is 6.20 Å². The van der Waals surface area contributed by atoms with E-state index in [-0.39, 0.29) is 40.8 Å². The predicted molar refractivity (Wildman–Crippen MR) is 78.7 cm³/mol. The van der Waals surface area contributed by atoms with Crippen LogP contribution in [0.4, 0.5) is 0 Å². The molecular weight excluding hydrogens is 327 g/mol. The number of β-lactam (4-membered cyclic amide) rings is 1. The van der Waals surface area contributed by atoms with Crippen LogP contribution in [-0.2, 0) is 22.6 Å². The van der Waals surface area contributed by atoms with Gasteiger partial charge in [0.1, 0.15) is 0 Å². The maximum Gasteiger partial charge on any atom is 1.00 e. The minimum Gasteiger partial charge on any atom is -0.548 e. The van der Waals surface area contributed by atoms with Gasteiger partial charge in [-0.2, -0.15) is 0 Å². The van der Waals surface area contributed by atoms with E-state index >= 15 is 0 Å². The first-order chi connectivity index (χ1) is 10.5. The van der Waals surface area contributed by atoms with Crippen LogP contribution in [0.3, 0.4) is 0 Å². The molecule has 0 unspecified atom stereocenters. The number of thioether (sulfide) groups is 1. The zero-order valence-electron chi connectivity index (χ0n) is 13.7. The number of hydrogen-bond donors (Lipinski definition) is 0. The van der Waals surface area contributed by atoms with Gasteiger partial charge >= 0.3 is 29.6 Å².